The van der Waals surface area contributed by atoms with Crippen LogP contribution in [0.5, 0.6) is 0 Å². The van der Waals surface area contributed by atoms with Crippen LogP contribution in [-0.2, 0) is 0 Å². The van der Waals surface area contributed by atoms with E-state index in [4.69, 9.17) is 0 Å². The summed E-state index contributed by atoms with van der Waals surface area (Å²) in [5.74, 6) is 0. The first-order valence-corrected chi connectivity index (χ1v) is 6.70. The average Bonchev–Trinajstić information content (AvgIpc) is 2.97. The number of benzene rings is 1. The molecule has 0 amide bonds. The number of pyridine rings is 1. The average molecular weight is 295 g/mol. The minimum atomic E-state index is -0.251. The summed E-state index contributed by atoms with van der Waals surface area (Å²) in [6.07, 6.45) is 3.32. The number of hydrogen-bond donors (Lipinski definition) is 1. The van der Waals surface area contributed by atoms with Crippen molar-refractivity contribution in [3.05, 3.63) is 59.1 Å². The fourth-order valence-corrected chi connectivity index (χ4v) is 2.57. The van der Waals surface area contributed by atoms with E-state index in [1.165, 1.54) is 4.57 Å². The van der Waals surface area contributed by atoms with Crippen molar-refractivity contribution < 1.29 is 0 Å². The van der Waals surface area contributed by atoms with Crippen molar-refractivity contribution in [1.29, 1.82) is 0 Å². The molecule has 0 saturated carbocycles. The van der Waals surface area contributed by atoms with Gasteiger partial charge in [0.15, 0.2) is 11.2 Å². The molecule has 0 saturated heterocycles. The van der Waals surface area contributed by atoms with Gasteiger partial charge >= 0.3 is 0 Å². The molecule has 4 aromatic rings. The molecule has 0 radical (unpaired) electrons. The third-order valence-corrected chi connectivity index (χ3v) is 3.67. The van der Waals surface area contributed by atoms with E-state index in [0.717, 1.165) is 0 Å². The van der Waals surface area contributed by atoms with E-state index in [0.29, 0.717) is 21.7 Å². The third kappa shape index (κ3) is 1.74. The second kappa shape index (κ2) is 4.42. The highest BCUT2D eigenvalue weighted by atomic mass is 32.1. The Morgan fingerprint density at radius 2 is 1.90 bits per heavy atom. The maximum absolute atomic E-state index is 12.6. The molecular formula is C14H9N5OS. The van der Waals surface area contributed by atoms with Crippen molar-refractivity contribution in [3.8, 4) is 5.69 Å². The minimum Gasteiger partial charge on any atom is -0.281 e. The molecule has 0 atom stereocenters. The highest BCUT2D eigenvalue weighted by molar-refractivity contribution is 7.80. The van der Waals surface area contributed by atoms with Crippen molar-refractivity contribution in [2.45, 2.75) is 4.90 Å². The molecule has 21 heavy (non-hydrogen) atoms. The maximum Gasteiger partial charge on any atom is 0.285 e. The van der Waals surface area contributed by atoms with Crippen LogP contribution >= 0.6 is 12.6 Å². The molecule has 0 bridgehead atoms. The molecule has 102 valence electrons. The van der Waals surface area contributed by atoms with Crippen LogP contribution in [0.25, 0.3) is 22.4 Å². The molecule has 4 rings (SSSR count). The molecule has 6 nitrogen and oxygen atoms in total. The molecule has 0 aliphatic heterocycles. The van der Waals surface area contributed by atoms with Gasteiger partial charge in [0.05, 0.1) is 11.9 Å². The molecule has 0 aliphatic rings. The Labute approximate surface area is 124 Å². The van der Waals surface area contributed by atoms with Gasteiger partial charge in [-0.1, -0.05) is 12.1 Å². The number of aromatic nitrogens is 5. The summed E-state index contributed by atoms with van der Waals surface area (Å²) in [7, 11) is 0. The second-order valence-corrected chi connectivity index (χ2v) is 5.00. The van der Waals surface area contributed by atoms with Gasteiger partial charge < -0.3 is 0 Å². The van der Waals surface area contributed by atoms with Crippen LogP contribution in [0.15, 0.2) is 58.5 Å². The fraction of sp³-hybridized carbons (Fsp3) is 0. The highest BCUT2D eigenvalue weighted by Gasteiger charge is 2.11. The molecule has 3 aromatic heterocycles. The molecule has 1 aromatic carbocycles. The van der Waals surface area contributed by atoms with Crippen molar-refractivity contribution in [3.63, 3.8) is 0 Å². The van der Waals surface area contributed by atoms with E-state index in [1.807, 2.05) is 24.3 Å². The molecule has 0 fully saturated rings. The first-order chi connectivity index (χ1) is 10.3. The Balaban J connectivity index is 2.10. The zero-order valence-corrected chi connectivity index (χ0v) is 11.6. The second-order valence-electron chi connectivity index (χ2n) is 4.51. The number of fused-ring (bicyclic) bond motifs is 3. The number of nitrogens with zero attached hydrogens (tertiary/aromatic N) is 5. The molecule has 0 aliphatic carbocycles. The Morgan fingerprint density at radius 1 is 1.05 bits per heavy atom. The van der Waals surface area contributed by atoms with Gasteiger partial charge in [-0.3, -0.25) is 9.36 Å². The maximum atomic E-state index is 12.6. The predicted molar refractivity (Wildman–Crippen MR) is 81.1 cm³/mol. The zero-order valence-electron chi connectivity index (χ0n) is 10.7. The molecule has 3 heterocycles. The molecule has 0 N–H and O–H groups in total. The minimum absolute atomic E-state index is 0.251. The largest absolute Gasteiger partial charge is 0.285 e. The normalized spacial score (nSPS) is 11.3. The lowest BCUT2D eigenvalue weighted by Gasteiger charge is -2.09. The van der Waals surface area contributed by atoms with E-state index < -0.39 is 0 Å². The Morgan fingerprint density at radius 3 is 2.76 bits per heavy atom. The van der Waals surface area contributed by atoms with E-state index in [1.54, 1.807) is 29.0 Å². The summed E-state index contributed by atoms with van der Waals surface area (Å²) in [6, 6.07) is 10.9. The van der Waals surface area contributed by atoms with E-state index in [-0.39, 0.29) is 11.1 Å². The van der Waals surface area contributed by atoms with Gasteiger partial charge in [-0.2, -0.15) is 5.10 Å². The molecular weight excluding hydrogens is 286 g/mol. The summed E-state index contributed by atoms with van der Waals surface area (Å²) < 4.78 is 3.11. The van der Waals surface area contributed by atoms with Crippen LogP contribution in [0.2, 0.25) is 0 Å². The van der Waals surface area contributed by atoms with Crippen molar-refractivity contribution in [2.24, 2.45) is 0 Å². The van der Waals surface area contributed by atoms with E-state index in [9.17, 15) is 4.79 Å². The van der Waals surface area contributed by atoms with Gasteiger partial charge in [-0.15, -0.1) is 22.8 Å². The molecule has 7 heteroatoms. The number of rotatable bonds is 1. The fourth-order valence-electron chi connectivity index (χ4n) is 2.30. The third-order valence-electron chi connectivity index (χ3n) is 3.29. The number of para-hydroxylation sites is 1. The lowest BCUT2D eigenvalue weighted by Crippen LogP contribution is -2.20. The summed E-state index contributed by atoms with van der Waals surface area (Å²) in [4.78, 5) is 13.3. The van der Waals surface area contributed by atoms with E-state index in [2.05, 4.69) is 27.9 Å². The molecule has 0 spiro atoms. The summed E-state index contributed by atoms with van der Waals surface area (Å²) >= 11 is 4.39. The number of hydrogen-bond acceptors (Lipinski definition) is 5. The summed E-state index contributed by atoms with van der Waals surface area (Å²) in [5.41, 5.74) is 1.96. The van der Waals surface area contributed by atoms with Crippen molar-refractivity contribution in [2.75, 3.05) is 0 Å². The van der Waals surface area contributed by atoms with Gasteiger partial charge in [0, 0.05) is 17.2 Å². The van der Waals surface area contributed by atoms with Crippen LogP contribution in [0.3, 0.4) is 0 Å². The first-order valence-electron chi connectivity index (χ1n) is 6.26. The standard InChI is InChI=1S/C14H9N5OS/c20-14-13-10(19-12(16-17-13)5-7-15-19)6-8-18(14)9-3-1-2-4-11(9)21/h1-8,21H. The van der Waals surface area contributed by atoms with E-state index >= 15 is 0 Å². The monoisotopic (exact) mass is 295 g/mol. The van der Waals surface area contributed by atoms with Crippen LogP contribution < -0.4 is 5.56 Å². The number of thiol groups is 1. The van der Waals surface area contributed by atoms with Gasteiger partial charge in [-0.25, -0.2) is 4.52 Å². The quantitative estimate of drug-likeness (QED) is 0.543. The van der Waals surface area contributed by atoms with Crippen LogP contribution in [0.4, 0.5) is 0 Å². The smallest absolute Gasteiger partial charge is 0.281 e. The van der Waals surface area contributed by atoms with Crippen molar-refractivity contribution >= 4 is 29.3 Å². The van der Waals surface area contributed by atoms with Gasteiger partial charge in [0.2, 0.25) is 0 Å². The van der Waals surface area contributed by atoms with Crippen LogP contribution in [0, 0.1) is 0 Å². The van der Waals surface area contributed by atoms with Gasteiger partial charge in [0.25, 0.3) is 5.56 Å². The molecule has 0 unspecified atom stereocenters. The Kier molecular flexibility index (Phi) is 2.55. The predicted octanol–water partition coefficient (Wildman–Crippen LogP) is 1.72. The topological polar surface area (TPSA) is 65.1 Å². The zero-order chi connectivity index (χ0) is 14.4. The lowest BCUT2D eigenvalue weighted by atomic mass is 10.3. The SMILES string of the molecule is O=c1c2nnc3ccnn3c2ccn1-c1ccccc1S. The van der Waals surface area contributed by atoms with Crippen molar-refractivity contribution in [1.82, 2.24) is 24.4 Å². The first kappa shape index (κ1) is 12.1. The summed E-state index contributed by atoms with van der Waals surface area (Å²) in [5, 5.41) is 12.2. The Hall–Kier alpha value is -2.67. The van der Waals surface area contributed by atoms with Crippen LogP contribution in [0.1, 0.15) is 0 Å². The van der Waals surface area contributed by atoms with Gasteiger partial charge in [-0.05, 0) is 18.2 Å². The van der Waals surface area contributed by atoms with Gasteiger partial charge in [0.1, 0.15) is 5.52 Å². The highest BCUT2D eigenvalue weighted by Crippen LogP contribution is 2.17. The van der Waals surface area contributed by atoms with Crippen LogP contribution in [-0.4, -0.2) is 24.4 Å². The lowest BCUT2D eigenvalue weighted by molar-refractivity contribution is 0.910. The summed E-state index contributed by atoms with van der Waals surface area (Å²) in [6.45, 7) is 0. The Bertz CT molecular complexity index is 1040.